The molecular weight excluding hydrogens is 476 g/mol. The van der Waals surface area contributed by atoms with Crippen molar-refractivity contribution in [2.45, 2.75) is 37.7 Å². The van der Waals surface area contributed by atoms with Crippen molar-refractivity contribution >= 4 is 29.2 Å². The van der Waals surface area contributed by atoms with Gasteiger partial charge in [0, 0.05) is 29.3 Å². The van der Waals surface area contributed by atoms with Crippen molar-refractivity contribution in [3.8, 4) is 5.69 Å². The van der Waals surface area contributed by atoms with E-state index in [4.69, 9.17) is 0 Å². The van der Waals surface area contributed by atoms with Gasteiger partial charge in [-0.15, -0.1) is 10.2 Å². The molecule has 9 nitrogen and oxygen atoms in total. The number of aromatic nitrogens is 3. The Morgan fingerprint density at radius 3 is 2.56 bits per heavy atom. The van der Waals surface area contributed by atoms with Crippen molar-refractivity contribution in [1.29, 1.82) is 0 Å². The van der Waals surface area contributed by atoms with E-state index in [1.807, 2.05) is 41.0 Å². The molecule has 3 aromatic carbocycles. The third-order valence-corrected chi connectivity index (χ3v) is 6.62. The first-order valence-electron chi connectivity index (χ1n) is 11.4. The summed E-state index contributed by atoms with van der Waals surface area (Å²) in [4.78, 5) is 23.2. The maximum absolute atomic E-state index is 12.5. The second-order valence-corrected chi connectivity index (χ2v) is 9.03. The van der Waals surface area contributed by atoms with E-state index < -0.39 is 4.92 Å². The number of rotatable bonds is 9. The lowest BCUT2D eigenvalue weighted by atomic mass is 10.1. The number of hydrogen-bond acceptors (Lipinski definition) is 6. The lowest BCUT2D eigenvalue weighted by Gasteiger charge is -2.12. The summed E-state index contributed by atoms with van der Waals surface area (Å²) in [5, 5.41) is 26.1. The van der Waals surface area contributed by atoms with Gasteiger partial charge in [-0.25, -0.2) is 4.79 Å². The Bertz CT molecular complexity index is 1370. The molecule has 36 heavy (non-hydrogen) atoms. The molecule has 0 fully saturated rings. The van der Waals surface area contributed by atoms with Crippen LogP contribution in [0.3, 0.4) is 0 Å². The number of thioether (sulfide) groups is 1. The van der Waals surface area contributed by atoms with Crippen LogP contribution in [0, 0.1) is 17.0 Å². The first-order valence-corrected chi connectivity index (χ1v) is 12.4. The van der Waals surface area contributed by atoms with Crippen LogP contribution in [0.4, 0.5) is 16.2 Å². The molecule has 2 N–H and O–H groups in total. The smallest absolute Gasteiger partial charge is 0.319 e. The Labute approximate surface area is 213 Å². The maximum atomic E-state index is 12.5. The first-order chi connectivity index (χ1) is 17.4. The average molecular weight is 503 g/mol. The van der Waals surface area contributed by atoms with E-state index in [0.29, 0.717) is 28.1 Å². The number of aryl methyl sites for hydroxylation is 2. The molecule has 4 rings (SSSR count). The molecule has 0 aliphatic heterocycles. The Hall–Kier alpha value is -4.18. The normalized spacial score (nSPS) is 10.7. The van der Waals surface area contributed by atoms with Crippen molar-refractivity contribution in [1.82, 2.24) is 20.1 Å². The van der Waals surface area contributed by atoms with Gasteiger partial charge in [0.05, 0.1) is 11.5 Å². The number of carbonyl (C=O) groups excluding carboxylic acids is 1. The molecule has 1 heterocycles. The predicted molar refractivity (Wildman–Crippen MR) is 140 cm³/mol. The third kappa shape index (κ3) is 6.08. The van der Waals surface area contributed by atoms with Crippen LogP contribution in [0.15, 0.2) is 78.0 Å². The van der Waals surface area contributed by atoms with Crippen LogP contribution in [0.5, 0.6) is 0 Å². The van der Waals surface area contributed by atoms with Gasteiger partial charge in [0.15, 0.2) is 11.0 Å². The van der Waals surface area contributed by atoms with Crippen LogP contribution in [0.2, 0.25) is 0 Å². The third-order valence-electron chi connectivity index (χ3n) is 5.64. The highest BCUT2D eigenvalue weighted by Gasteiger charge is 2.17. The number of anilines is 1. The van der Waals surface area contributed by atoms with Crippen LogP contribution in [0.25, 0.3) is 5.69 Å². The number of nitro benzene ring substituents is 1. The van der Waals surface area contributed by atoms with Gasteiger partial charge in [-0.3, -0.25) is 14.7 Å². The zero-order chi connectivity index (χ0) is 25.5. The Morgan fingerprint density at radius 1 is 1.06 bits per heavy atom. The molecule has 184 valence electrons. The maximum Gasteiger partial charge on any atom is 0.319 e. The number of urea groups is 1. The van der Waals surface area contributed by atoms with Crippen molar-refractivity contribution in [3.05, 3.63) is 105 Å². The zero-order valence-corrected chi connectivity index (χ0v) is 20.8. The van der Waals surface area contributed by atoms with Gasteiger partial charge in [-0.1, -0.05) is 55.1 Å². The summed E-state index contributed by atoms with van der Waals surface area (Å²) in [5.41, 5.74) is 4.85. The van der Waals surface area contributed by atoms with Gasteiger partial charge in [0.25, 0.3) is 5.69 Å². The van der Waals surface area contributed by atoms with E-state index in [2.05, 4.69) is 46.8 Å². The van der Waals surface area contributed by atoms with Gasteiger partial charge < -0.3 is 10.6 Å². The minimum Gasteiger partial charge on any atom is -0.331 e. The zero-order valence-electron chi connectivity index (χ0n) is 20.0. The van der Waals surface area contributed by atoms with Crippen LogP contribution >= 0.6 is 11.8 Å². The van der Waals surface area contributed by atoms with E-state index in [-0.39, 0.29) is 18.3 Å². The predicted octanol–water partition coefficient (Wildman–Crippen LogP) is 5.66. The van der Waals surface area contributed by atoms with Crippen LogP contribution in [0.1, 0.15) is 29.4 Å². The van der Waals surface area contributed by atoms with E-state index in [1.54, 1.807) is 12.1 Å². The van der Waals surface area contributed by atoms with Crippen molar-refractivity contribution in [2.24, 2.45) is 0 Å². The lowest BCUT2D eigenvalue weighted by molar-refractivity contribution is -0.384. The minimum absolute atomic E-state index is 0.00528. The molecule has 10 heteroatoms. The number of nitro groups is 1. The number of benzene rings is 3. The SMILES string of the molecule is CCc1cccc(NC(=O)NCc2nnc(SCc3ccccc3C)n2-c2ccc([N+](=O)[O-])cc2)c1. The standard InChI is InChI=1S/C26H26N6O3S/c1-3-19-8-6-10-21(15-19)28-25(33)27-16-24-29-30-26(36-17-20-9-5-4-7-18(20)2)31(24)22-11-13-23(14-12-22)32(34)35/h4-15H,3,16-17H2,1-2H3,(H2,27,28,33). The largest absolute Gasteiger partial charge is 0.331 e. The second-order valence-electron chi connectivity index (χ2n) is 8.08. The number of nitrogens with one attached hydrogen (secondary N) is 2. The molecule has 0 atom stereocenters. The quantitative estimate of drug-likeness (QED) is 0.173. The van der Waals surface area contributed by atoms with Gasteiger partial charge in [0.1, 0.15) is 0 Å². The number of non-ortho nitro benzene ring substituents is 1. The van der Waals surface area contributed by atoms with E-state index in [9.17, 15) is 14.9 Å². The van der Waals surface area contributed by atoms with Gasteiger partial charge in [-0.05, 0) is 54.3 Å². The Morgan fingerprint density at radius 2 is 1.83 bits per heavy atom. The summed E-state index contributed by atoms with van der Waals surface area (Å²) in [5.74, 6) is 1.19. The van der Waals surface area contributed by atoms with E-state index in [1.165, 1.54) is 35.0 Å². The number of nitrogens with zero attached hydrogens (tertiary/aromatic N) is 4. The summed E-state index contributed by atoms with van der Waals surface area (Å²) < 4.78 is 1.81. The molecular formula is C26H26N6O3S. The fraction of sp³-hybridized carbons (Fsp3) is 0.192. The molecule has 1 aromatic heterocycles. The summed E-state index contributed by atoms with van der Waals surface area (Å²) in [7, 11) is 0. The fourth-order valence-corrected chi connectivity index (χ4v) is 4.66. The average Bonchev–Trinajstić information content (AvgIpc) is 3.30. The fourth-order valence-electron chi connectivity index (χ4n) is 3.61. The first kappa shape index (κ1) is 24.9. The van der Waals surface area contributed by atoms with Crippen LogP contribution in [-0.4, -0.2) is 25.7 Å². The second kappa shape index (κ2) is 11.5. The van der Waals surface area contributed by atoms with E-state index in [0.717, 1.165) is 12.0 Å². The minimum atomic E-state index is -0.440. The molecule has 0 radical (unpaired) electrons. The van der Waals surface area contributed by atoms with Gasteiger partial charge in [-0.2, -0.15) is 0 Å². The Kier molecular flexibility index (Phi) is 7.96. The lowest BCUT2D eigenvalue weighted by Crippen LogP contribution is -2.29. The molecule has 4 aromatic rings. The highest BCUT2D eigenvalue weighted by atomic mass is 32.2. The summed E-state index contributed by atoms with van der Waals surface area (Å²) >= 11 is 1.51. The van der Waals surface area contributed by atoms with Gasteiger partial charge >= 0.3 is 6.03 Å². The molecule has 0 saturated heterocycles. The highest BCUT2D eigenvalue weighted by molar-refractivity contribution is 7.98. The van der Waals surface area contributed by atoms with Crippen molar-refractivity contribution < 1.29 is 9.72 Å². The van der Waals surface area contributed by atoms with Crippen molar-refractivity contribution in [3.63, 3.8) is 0 Å². The molecule has 0 bridgehead atoms. The molecule has 0 spiro atoms. The molecule has 0 aliphatic carbocycles. The molecule has 0 unspecified atom stereocenters. The summed E-state index contributed by atoms with van der Waals surface area (Å²) in [6, 6.07) is 21.6. The topological polar surface area (TPSA) is 115 Å². The summed E-state index contributed by atoms with van der Waals surface area (Å²) in [6.07, 6.45) is 0.873. The monoisotopic (exact) mass is 502 g/mol. The van der Waals surface area contributed by atoms with E-state index >= 15 is 0 Å². The van der Waals surface area contributed by atoms with Gasteiger partial charge in [0.2, 0.25) is 0 Å². The highest BCUT2D eigenvalue weighted by Crippen LogP contribution is 2.27. The number of hydrogen-bond donors (Lipinski definition) is 2. The molecule has 0 saturated carbocycles. The molecule has 2 amide bonds. The number of carbonyl (C=O) groups is 1. The van der Waals surface area contributed by atoms with Crippen LogP contribution < -0.4 is 10.6 Å². The van der Waals surface area contributed by atoms with Crippen molar-refractivity contribution in [2.75, 3.05) is 5.32 Å². The number of amides is 2. The summed E-state index contributed by atoms with van der Waals surface area (Å²) in [6.45, 7) is 4.23. The van der Waals surface area contributed by atoms with Crippen LogP contribution in [-0.2, 0) is 18.7 Å². The Balaban J connectivity index is 1.54. The molecule has 0 aliphatic rings.